The number of hydrogen-bond acceptors (Lipinski definition) is 3. The quantitative estimate of drug-likeness (QED) is 0.529. The number of halogens is 3. The van der Waals surface area contributed by atoms with Crippen LogP contribution in [0.25, 0.3) is 0 Å². The van der Waals surface area contributed by atoms with Gasteiger partial charge in [-0.15, -0.1) is 0 Å². The van der Waals surface area contributed by atoms with E-state index in [2.05, 4.69) is 10.0 Å². The van der Waals surface area contributed by atoms with Crippen LogP contribution in [0.15, 0.2) is 24.3 Å². The third kappa shape index (κ3) is 5.79. The Morgan fingerprint density at radius 2 is 1.69 bits per heavy atom. The first-order valence-corrected chi connectivity index (χ1v) is 5.26. The maximum Gasteiger partial charge on any atom is 1.00 e. The molecule has 0 spiro atoms. The number of hydrogen-bond donors (Lipinski definition) is 1. The Labute approximate surface area is 132 Å². The number of benzene rings is 1. The molecule has 0 heterocycles. The van der Waals surface area contributed by atoms with Crippen LogP contribution in [0.3, 0.4) is 0 Å². The van der Waals surface area contributed by atoms with E-state index < -0.39 is 19.5 Å². The van der Waals surface area contributed by atoms with Crippen molar-refractivity contribution in [1.82, 2.24) is 0 Å². The van der Waals surface area contributed by atoms with Crippen molar-refractivity contribution in [2.24, 2.45) is 5.50 Å². The van der Waals surface area contributed by atoms with Crippen LogP contribution in [0.5, 0.6) is 5.75 Å². The molecule has 1 aromatic rings. The van der Waals surface area contributed by atoms with Gasteiger partial charge in [-0.1, -0.05) is 0 Å². The van der Waals surface area contributed by atoms with E-state index in [0.717, 1.165) is 12.1 Å². The molecule has 0 radical (unpaired) electrons. The fourth-order valence-electron chi connectivity index (χ4n) is 0.852. The fraction of sp³-hybridized carbons (Fsp3) is 0.143. The van der Waals surface area contributed by atoms with Gasteiger partial charge in [-0.05, 0) is 24.3 Å². The van der Waals surface area contributed by atoms with Gasteiger partial charge in [0.1, 0.15) is 5.75 Å². The molecule has 0 saturated heterocycles. The number of alkyl halides is 3. The SMILES string of the molecule is NP(=O)([O-])Oc1ccc(C(F)(F)F)cc1.[K+]. The average molecular weight is 279 g/mol. The molecule has 9 heteroatoms. The second-order valence-corrected chi connectivity index (χ2v) is 3.92. The van der Waals surface area contributed by atoms with E-state index in [-0.39, 0.29) is 57.1 Å². The molecule has 1 atom stereocenters. The van der Waals surface area contributed by atoms with E-state index in [1.54, 1.807) is 0 Å². The molecule has 1 unspecified atom stereocenters. The summed E-state index contributed by atoms with van der Waals surface area (Å²) in [5.74, 6) is -0.260. The summed E-state index contributed by atoms with van der Waals surface area (Å²) in [6.07, 6.45) is -4.47. The van der Waals surface area contributed by atoms with Crippen LogP contribution in [0.2, 0.25) is 0 Å². The maximum absolute atomic E-state index is 12.1. The summed E-state index contributed by atoms with van der Waals surface area (Å²) in [6.45, 7) is 0. The maximum atomic E-state index is 12.1. The molecular weight excluding hydrogens is 273 g/mol. The Kier molecular flexibility index (Phi) is 6.19. The van der Waals surface area contributed by atoms with E-state index in [9.17, 15) is 22.6 Å². The fourth-order valence-corrected chi connectivity index (χ4v) is 1.27. The minimum Gasteiger partial charge on any atom is -0.757 e. The molecule has 0 aliphatic carbocycles. The van der Waals surface area contributed by atoms with E-state index >= 15 is 0 Å². The largest absolute Gasteiger partial charge is 1.00 e. The summed E-state index contributed by atoms with van der Waals surface area (Å²) in [5, 5.41) is 0. The minimum atomic E-state index is -4.47. The monoisotopic (exact) mass is 279 g/mol. The van der Waals surface area contributed by atoms with Gasteiger partial charge < -0.3 is 9.42 Å². The van der Waals surface area contributed by atoms with Gasteiger partial charge in [0.05, 0.1) is 5.56 Å². The summed E-state index contributed by atoms with van der Waals surface area (Å²) in [6, 6.07) is 3.15. The molecule has 2 N–H and O–H groups in total. The Hall–Kier alpha value is 0.596. The smallest absolute Gasteiger partial charge is 0.757 e. The zero-order chi connectivity index (χ0) is 11.7. The van der Waals surface area contributed by atoms with Gasteiger partial charge in [0.25, 0.3) is 7.75 Å². The first-order valence-electron chi connectivity index (χ1n) is 3.65. The number of nitrogens with two attached hydrogens (primary N) is 1. The minimum absolute atomic E-state index is 0. The second kappa shape index (κ2) is 5.97. The second-order valence-electron chi connectivity index (χ2n) is 2.65. The van der Waals surface area contributed by atoms with Crippen LogP contribution in [-0.2, 0) is 10.7 Å². The zero-order valence-corrected chi connectivity index (χ0v) is 12.2. The standard InChI is InChI=1S/C7H7F3NO3P.K/c8-7(9,10)5-1-3-6(4-2-5)14-15(11,12)13;/h1-4H,(H3,11,12,13);/q;+1/p-1. The van der Waals surface area contributed by atoms with Crippen molar-refractivity contribution in [2.45, 2.75) is 6.18 Å². The van der Waals surface area contributed by atoms with E-state index in [0.29, 0.717) is 12.1 Å². The van der Waals surface area contributed by atoms with Gasteiger partial charge in [0.15, 0.2) is 0 Å². The summed E-state index contributed by atoms with van der Waals surface area (Å²) >= 11 is 0. The van der Waals surface area contributed by atoms with Gasteiger partial charge in [-0.25, -0.2) is 0 Å². The van der Waals surface area contributed by atoms with Crippen LogP contribution in [0.1, 0.15) is 5.56 Å². The molecule has 4 nitrogen and oxygen atoms in total. The molecule has 0 aliphatic rings. The van der Waals surface area contributed by atoms with Crippen molar-refractivity contribution in [2.75, 3.05) is 0 Å². The Bertz CT molecular complexity index is 389. The van der Waals surface area contributed by atoms with Crippen LogP contribution in [-0.4, -0.2) is 0 Å². The van der Waals surface area contributed by atoms with Gasteiger partial charge in [0, 0.05) is 0 Å². The topological polar surface area (TPSA) is 75.4 Å². The third-order valence-corrected chi connectivity index (χ3v) is 1.88. The molecule has 1 aromatic carbocycles. The zero-order valence-electron chi connectivity index (χ0n) is 8.19. The van der Waals surface area contributed by atoms with Crippen molar-refractivity contribution in [3.8, 4) is 5.75 Å². The summed E-state index contributed by atoms with van der Waals surface area (Å²) in [5.41, 5.74) is 3.65. The van der Waals surface area contributed by atoms with E-state index in [1.807, 2.05) is 0 Å². The Morgan fingerprint density at radius 1 is 1.25 bits per heavy atom. The summed E-state index contributed by atoms with van der Waals surface area (Å²) in [7, 11) is -4.47. The molecule has 0 amide bonds. The number of rotatable bonds is 2. The van der Waals surface area contributed by atoms with E-state index in [1.165, 1.54) is 0 Å². The molecule has 1 rings (SSSR count). The van der Waals surface area contributed by atoms with Crippen molar-refractivity contribution < 1.29 is 78.5 Å². The first-order chi connectivity index (χ1) is 6.68. The average Bonchev–Trinajstić information content (AvgIpc) is 2.00. The Morgan fingerprint density at radius 3 is 2.00 bits per heavy atom. The molecule has 0 fully saturated rings. The van der Waals surface area contributed by atoms with Crippen LogP contribution >= 0.6 is 7.75 Å². The molecule has 0 saturated carbocycles. The van der Waals surface area contributed by atoms with Crippen molar-refractivity contribution in [1.29, 1.82) is 0 Å². The molecule has 0 aromatic heterocycles. The molecule has 16 heavy (non-hydrogen) atoms. The third-order valence-electron chi connectivity index (χ3n) is 1.41. The predicted octanol–water partition coefficient (Wildman–Crippen LogP) is -1.48. The molecule has 0 aliphatic heterocycles. The normalized spacial score (nSPS) is 14.8. The van der Waals surface area contributed by atoms with Gasteiger partial charge in [0.2, 0.25) is 0 Å². The molecule has 0 bridgehead atoms. The van der Waals surface area contributed by atoms with Crippen molar-refractivity contribution in [3.05, 3.63) is 29.8 Å². The first kappa shape index (κ1) is 16.6. The molecule has 84 valence electrons. The molecular formula is C7H6F3KNO3P. The van der Waals surface area contributed by atoms with Gasteiger partial charge in [-0.3, -0.25) is 10.1 Å². The van der Waals surface area contributed by atoms with Crippen molar-refractivity contribution >= 4 is 7.75 Å². The summed E-state index contributed by atoms with van der Waals surface area (Å²) < 4.78 is 50.8. The van der Waals surface area contributed by atoms with Crippen LogP contribution in [0, 0.1) is 0 Å². The van der Waals surface area contributed by atoms with Crippen molar-refractivity contribution in [3.63, 3.8) is 0 Å². The van der Waals surface area contributed by atoms with Gasteiger partial charge >= 0.3 is 57.6 Å². The van der Waals surface area contributed by atoms with E-state index in [4.69, 9.17) is 0 Å². The van der Waals surface area contributed by atoms with Crippen LogP contribution in [0.4, 0.5) is 13.2 Å². The summed E-state index contributed by atoms with van der Waals surface area (Å²) in [4.78, 5) is 10.4. The Balaban J connectivity index is 0.00000225. The van der Waals surface area contributed by atoms with Gasteiger partial charge in [-0.2, -0.15) is 13.2 Å². The van der Waals surface area contributed by atoms with Crippen LogP contribution < -0.4 is 66.3 Å². The predicted molar refractivity (Wildman–Crippen MR) is 43.9 cm³/mol.